The Morgan fingerprint density at radius 2 is 2.05 bits per heavy atom. The molecular weight excluding hydrogens is 276 g/mol. The van der Waals surface area contributed by atoms with Gasteiger partial charge in [-0.05, 0) is 37.8 Å². The minimum absolute atomic E-state index is 0.0827. The van der Waals surface area contributed by atoms with Crippen LogP contribution in [0.15, 0.2) is 30.3 Å². The van der Waals surface area contributed by atoms with Crippen LogP contribution in [-0.4, -0.2) is 62.1 Å². The lowest BCUT2D eigenvalue weighted by Gasteiger charge is -2.25. The lowest BCUT2D eigenvalue weighted by Crippen LogP contribution is -2.43. The number of ether oxygens (including phenoxy) is 1. The molecule has 0 spiro atoms. The summed E-state index contributed by atoms with van der Waals surface area (Å²) in [5.74, 6) is 0.238. The van der Waals surface area contributed by atoms with E-state index in [0.717, 1.165) is 52.0 Å². The van der Waals surface area contributed by atoms with Crippen molar-refractivity contribution < 1.29 is 9.53 Å². The van der Waals surface area contributed by atoms with Gasteiger partial charge >= 0.3 is 0 Å². The lowest BCUT2D eigenvalue weighted by molar-refractivity contribution is -0.133. The molecule has 1 aliphatic heterocycles. The molecule has 1 heterocycles. The fraction of sp³-hybridized carbons (Fsp3) is 0.611. The number of amides is 1. The van der Waals surface area contributed by atoms with Crippen molar-refractivity contribution in [2.75, 3.05) is 40.4 Å². The van der Waals surface area contributed by atoms with Gasteiger partial charge in [0.2, 0.25) is 5.91 Å². The number of carbonyl (C=O) groups is 1. The second kappa shape index (κ2) is 8.91. The Morgan fingerprint density at radius 3 is 2.77 bits per heavy atom. The lowest BCUT2D eigenvalue weighted by atomic mass is 10.2. The molecule has 122 valence electrons. The van der Waals surface area contributed by atoms with E-state index in [-0.39, 0.29) is 11.9 Å². The molecule has 0 saturated carbocycles. The van der Waals surface area contributed by atoms with E-state index < -0.39 is 0 Å². The summed E-state index contributed by atoms with van der Waals surface area (Å²) in [4.78, 5) is 16.1. The zero-order chi connectivity index (χ0) is 15.8. The number of rotatable bonds is 8. The van der Waals surface area contributed by atoms with E-state index in [1.54, 1.807) is 4.90 Å². The number of carbonyl (C=O) groups excluding carboxylic acids is 1. The average Bonchev–Trinajstić information content (AvgIpc) is 2.99. The van der Waals surface area contributed by atoms with Crippen molar-refractivity contribution in [3.8, 4) is 0 Å². The van der Waals surface area contributed by atoms with Crippen LogP contribution in [0, 0.1) is 0 Å². The smallest absolute Gasteiger partial charge is 0.239 e. The van der Waals surface area contributed by atoms with Crippen molar-refractivity contribution in [3.05, 3.63) is 35.9 Å². The van der Waals surface area contributed by atoms with Crippen LogP contribution in [0.4, 0.5) is 0 Å². The molecule has 0 N–H and O–H groups in total. The number of benzene rings is 1. The average molecular weight is 304 g/mol. The molecule has 1 fully saturated rings. The number of hydrogen-bond acceptors (Lipinski definition) is 3. The number of nitrogens with zero attached hydrogens (tertiary/aromatic N) is 2. The first kappa shape index (κ1) is 17.0. The van der Waals surface area contributed by atoms with Gasteiger partial charge in [-0.25, -0.2) is 0 Å². The van der Waals surface area contributed by atoms with Gasteiger partial charge in [-0.2, -0.15) is 0 Å². The summed E-state index contributed by atoms with van der Waals surface area (Å²) in [5, 5.41) is 0. The molecule has 0 aromatic heterocycles. The van der Waals surface area contributed by atoms with E-state index >= 15 is 0 Å². The molecule has 22 heavy (non-hydrogen) atoms. The summed E-state index contributed by atoms with van der Waals surface area (Å²) < 4.78 is 5.72. The van der Waals surface area contributed by atoms with Gasteiger partial charge in [-0.3, -0.25) is 9.69 Å². The highest BCUT2D eigenvalue weighted by Crippen LogP contribution is 2.18. The molecule has 1 unspecified atom stereocenters. The van der Waals surface area contributed by atoms with Crippen molar-refractivity contribution in [3.63, 3.8) is 0 Å². The first-order valence-electron chi connectivity index (χ1n) is 8.25. The summed E-state index contributed by atoms with van der Waals surface area (Å²) in [6, 6.07) is 10.5. The van der Waals surface area contributed by atoms with Crippen molar-refractivity contribution in [2.45, 2.75) is 31.7 Å². The molecule has 4 nitrogen and oxygen atoms in total. The van der Waals surface area contributed by atoms with Crippen LogP contribution in [0.25, 0.3) is 0 Å². The van der Waals surface area contributed by atoms with Crippen LogP contribution >= 0.6 is 0 Å². The topological polar surface area (TPSA) is 32.8 Å². The predicted molar refractivity (Wildman–Crippen MR) is 88.9 cm³/mol. The monoisotopic (exact) mass is 304 g/mol. The number of likely N-dealkylation sites (N-methyl/N-ethyl adjacent to an activating group) is 1. The van der Waals surface area contributed by atoms with Crippen molar-refractivity contribution in [2.24, 2.45) is 0 Å². The van der Waals surface area contributed by atoms with E-state index in [2.05, 4.69) is 29.2 Å². The quantitative estimate of drug-likeness (QED) is 0.690. The van der Waals surface area contributed by atoms with Gasteiger partial charge in [-0.1, -0.05) is 30.3 Å². The third-order valence-corrected chi connectivity index (χ3v) is 4.20. The molecule has 1 saturated heterocycles. The molecule has 1 aliphatic rings. The summed E-state index contributed by atoms with van der Waals surface area (Å²) in [6.07, 6.45) is 4.07. The van der Waals surface area contributed by atoms with Gasteiger partial charge < -0.3 is 9.64 Å². The van der Waals surface area contributed by atoms with Crippen LogP contribution in [0.5, 0.6) is 0 Å². The zero-order valence-corrected chi connectivity index (χ0v) is 13.8. The van der Waals surface area contributed by atoms with Gasteiger partial charge in [0.15, 0.2) is 0 Å². The summed E-state index contributed by atoms with van der Waals surface area (Å²) in [5.41, 5.74) is 1.32. The highest BCUT2D eigenvalue weighted by atomic mass is 16.5. The second-order valence-electron chi connectivity index (χ2n) is 6.13. The van der Waals surface area contributed by atoms with E-state index in [9.17, 15) is 4.79 Å². The Bertz CT molecular complexity index is 448. The fourth-order valence-corrected chi connectivity index (χ4v) is 2.98. The van der Waals surface area contributed by atoms with Gasteiger partial charge in [0.1, 0.15) is 0 Å². The van der Waals surface area contributed by atoms with E-state index in [0.29, 0.717) is 0 Å². The van der Waals surface area contributed by atoms with Crippen LogP contribution < -0.4 is 0 Å². The maximum Gasteiger partial charge on any atom is 0.239 e. The van der Waals surface area contributed by atoms with Crippen LogP contribution in [0.2, 0.25) is 0 Å². The minimum atomic E-state index is 0.0827. The van der Waals surface area contributed by atoms with Gasteiger partial charge in [0.05, 0.1) is 12.6 Å². The van der Waals surface area contributed by atoms with E-state index in [1.165, 1.54) is 5.56 Å². The van der Waals surface area contributed by atoms with Crippen molar-refractivity contribution >= 4 is 5.91 Å². The molecule has 0 bridgehead atoms. The van der Waals surface area contributed by atoms with Crippen LogP contribution in [-0.2, 0) is 16.0 Å². The molecular formula is C18H28N2O2. The normalized spacial score (nSPS) is 18.5. The number of hydrogen-bond donors (Lipinski definition) is 0. The summed E-state index contributed by atoms with van der Waals surface area (Å²) in [7, 11) is 3.68. The first-order chi connectivity index (χ1) is 10.7. The zero-order valence-electron chi connectivity index (χ0n) is 13.8. The summed E-state index contributed by atoms with van der Waals surface area (Å²) in [6.45, 7) is 3.53. The Morgan fingerprint density at radius 1 is 1.27 bits per heavy atom. The molecule has 1 aromatic carbocycles. The first-order valence-corrected chi connectivity index (χ1v) is 8.25. The molecule has 1 amide bonds. The molecule has 1 atom stereocenters. The van der Waals surface area contributed by atoms with Gasteiger partial charge in [0.25, 0.3) is 0 Å². The third-order valence-electron chi connectivity index (χ3n) is 4.20. The van der Waals surface area contributed by atoms with Crippen LogP contribution in [0.3, 0.4) is 0 Å². The highest BCUT2D eigenvalue weighted by Gasteiger charge is 2.30. The third kappa shape index (κ3) is 5.11. The highest BCUT2D eigenvalue weighted by molar-refractivity contribution is 5.81. The molecule has 1 aromatic rings. The Hall–Kier alpha value is -1.39. The molecule has 4 heteroatoms. The molecule has 2 rings (SSSR count). The molecule has 0 aliphatic carbocycles. The van der Waals surface area contributed by atoms with Gasteiger partial charge in [-0.15, -0.1) is 0 Å². The standard InChI is InChI=1S/C18H28N2O2/c1-19(2)18(21)17-10-6-12-20(17)13-7-14-22-15-11-16-8-4-3-5-9-16/h3-5,8-9,17H,6-7,10-15H2,1-2H3. The second-order valence-corrected chi connectivity index (χ2v) is 6.13. The van der Waals surface area contributed by atoms with Crippen molar-refractivity contribution in [1.29, 1.82) is 0 Å². The Balaban J connectivity index is 1.59. The fourth-order valence-electron chi connectivity index (χ4n) is 2.98. The maximum absolute atomic E-state index is 12.1. The van der Waals surface area contributed by atoms with E-state index in [4.69, 9.17) is 4.74 Å². The SMILES string of the molecule is CN(C)C(=O)C1CCCN1CCCOCCc1ccccc1. The largest absolute Gasteiger partial charge is 0.381 e. The Labute approximate surface area is 134 Å². The minimum Gasteiger partial charge on any atom is -0.381 e. The Kier molecular flexibility index (Phi) is 6.87. The van der Waals surface area contributed by atoms with E-state index in [1.807, 2.05) is 20.2 Å². The molecule has 0 radical (unpaired) electrons. The number of likely N-dealkylation sites (tertiary alicyclic amines) is 1. The van der Waals surface area contributed by atoms with Gasteiger partial charge in [0, 0.05) is 27.2 Å². The predicted octanol–water partition coefficient (Wildman–Crippen LogP) is 2.19. The van der Waals surface area contributed by atoms with Crippen LogP contribution in [0.1, 0.15) is 24.8 Å². The van der Waals surface area contributed by atoms with Crippen molar-refractivity contribution in [1.82, 2.24) is 9.80 Å². The summed E-state index contributed by atoms with van der Waals surface area (Å²) >= 11 is 0. The maximum atomic E-state index is 12.1.